The van der Waals surface area contributed by atoms with E-state index in [2.05, 4.69) is 14.7 Å². The lowest BCUT2D eigenvalue weighted by Gasteiger charge is -2.21. The quantitative estimate of drug-likeness (QED) is 0.115. The van der Waals surface area contributed by atoms with Gasteiger partial charge < -0.3 is 25.0 Å². The van der Waals surface area contributed by atoms with Crippen LogP contribution in [0.5, 0.6) is 11.5 Å². The van der Waals surface area contributed by atoms with Gasteiger partial charge in [-0.2, -0.15) is 26.3 Å². The first-order valence-electron chi connectivity index (χ1n) is 11.9. The van der Waals surface area contributed by atoms with E-state index in [1.807, 2.05) is 0 Å². The van der Waals surface area contributed by atoms with Crippen LogP contribution in [0.1, 0.15) is 42.3 Å². The average Bonchev–Trinajstić information content (AvgIpc) is 3.37. The third kappa shape index (κ3) is 9.94. The van der Waals surface area contributed by atoms with Gasteiger partial charge in [-0.25, -0.2) is 4.57 Å². The second-order valence-electron chi connectivity index (χ2n) is 9.08. The van der Waals surface area contributed by atoms with E-state index in [1.165, 1.54) is 25.1 Å². The van der Waals surface area contributed by atoms with Gasteiger partial charge in [-0.15, -0.1) is 10.2 Å². The second kappa shape index (κ2) is 13.0. The number of benzene rings is 2. The number of phosphoric acid groups is 1. The van der Waals surface area contributed by atoms with Crippen LogP contribution < -0.4 is 15.2 Å². The van der Waals surface area contributed by atoms with Crippen molar-refractivity contribution in [2.45, 2.75) is 44.1 Å². The molecule has 0 unspecified atom stereocenters. The number of hydrogen-bond donors (Lipinski definition) is 3. The first-order valence-corrected chi connectivity index (χ1v) is 14.3. The van der Waals surface area contributed by atoms with Gasteiger partial charge in [-0.1, -0.05) is 11.3 Å². The summed E-state index contributed by atoms with van der Waals surface area (Å²) in [6.07, 6.45) is -7.73. The van der Waals surface area contributed by atoms with Crippen molar-refractivity contribution in [2.24, 2.45) is 5.73 Å². The van der Waals surface area contributed by atoms with E-state index in [-0.39, 0.29) is 40.3 Å². The molecule has 0 amide bonds. The van der Waals surface area contributed by atoms with Crippen molar-refractivity contribution in [3.05, 3.63) is 58.6 Å². The number of aromatic nitrogens is 2. The molecule has 0 bridgehead atoms. The summed E-state index contributed by atoms with van der Waals surface area (Å²) in [5.41, 5.74) is 2.81. The normalized spacial score (nSPS) is 14.1. The van der Waals surface area contributed by atoms with Gasteiger partial charge in [0.25, 0.3) is 0 Å². The first kappa shape index (κ1) is 32.8. The van der Waals surface area contributed by atoms with Crippen LogP contribution >= 0.6 is 19.2 Å². The lowest BCUT2D eigenvalue weighted by atomic mass is 10.1. The molecule has 3 aromatic rings. The molecule has 0 aliphatic carbocycles. The molecule has 0 fully saturated rings. The van der Waals surface area contributed by atoms with Crippen LogP contribution in [-0.4, -0.2) is 39.8 Å². The van der Waals surface area contributed by atoms with Gasteiger partial charge in [0.2, 0.25) is 0 Å². The molecule has 0 spiro atoms. The van der Waals surface area contributed by atoms with Gasteiger partial charge in [0, 0.05) is 5.56 Å². The Kier molecular flexibility index (Phi) is 10.4. The standard InChI is InChI=1S/C24H26F6N3O6PS/c1-22(31,14-39-40(34,35)36)21-33-32-20(41-21)15-5-10-19(18(13-15)24(28,29)30)38-12-4-2-3-11-37-17-8-6-16(7-9-17)23(25,26)27/h5-10,13H,2-4,11-12,14,31H2,1H3,(H2,34,35,36)/t22-/m0/s1. The molecular weight excluding hydrogens is 603 g/mol. The van der Waals surface area contributed by atoms with E-state index < -0.39 is 43.4 Å². The van der Waals surface area contributed by atoms with E-state index in [4.69, 9.17) is 25.0 Å². The van der Waals surface area contributed by atoms with Gasteiger partial charge >= 0.3 is 20.2 Å². The predicted molar refractivity (Wildman–Crippen MR) is 136 cm³/mol. The molecule has 9 nitrogen and oxygen atoms in total. The number of unbranched alkanes of at least 4 members (excludes halogenated alkanes) is 2. The molecule has 2 aromatic carbocycles. The van der Waals surface area contributed by atoms with E-state index in [0.29, 0.717) is 19.3 Å². The third-order valence-corrected chi connectivity index (χ3v) is 7.19. The summed E-state index contributed by atoms with van der Waals surface area (Å²) >= 11 is 0.848. The monoisotopic (exact) mass is 629 g/mol. The molecule has 0 aliphatic heterocycles. The topological polar surface area (TPSA) is 137 Å². The van der Waals surface area contributed by atoms with Crippen molar-refractivity contribution < 1.29 is 54.7 Å². The highest BCUT2D eigenvalue weighted by molar-refractivity contribution is 7.46. The molecule has 0 radical (unpaired) electrons. The first-order chi connectivity index (χ1) is 19.0. The summed E-state index contributed by atoms with van der Waals surface area (Å²) in [5.74, 6) is -0.108. The number of rotatable bonds is 13. The number of nitrogens with zero attached hydrogens (tertiary/aromatic N) is 2. The zero-order chi connectivity index (χ0) is 30.5. The predicted octanol–water partition coefficient (Wildman–Crippen LogP) is 6.15. The lowest BCUT2D eigenvalue weighted by molar-refractivity contribution is -0.139. The highest BCUT2D eigenvalue weighted by Gasteiger charge is 2.36. The van der Waals surface area contributed by atoms with E-state index >= 15 is 0 Å². The Bertz CT molecular complexity index is 1340. The minimum Gasteiger partial charge on any atom is -0.494 e. The van der Waals surface area contributed by atoms with E-state index in [9.17, 15) is 30.9 Å². The van der Waals surface area contributed by atoms with Crippen LogP contribution in [0.3, 0.4) is 0 Å². The van der Waals surface area contributed by atoms with Gasteiger partial charge in [0.1, 0.15) is 21.5 Å². The average molecular weight is 630 g/mol. The zero-order valence-corrected chi connectivity index (χ0v) is 23.1. The van der Waals surface area contributed by atoms with Crippen LogP contribution in [-0.2, 0) is 27.0 Å². The summed E-state index contributed by atoms with van der Waals surface area (Å²) in [7, 11) is -4.80. The summed E-state index contributed by atoms with van der Waals surface area (Å²) in [6, 6.07) is 7.64. The fraction of sp³-hybridized carbons (Fsp3) is 0.417. The molecule has 41 heavy (non-hydrogen) atoms. The largest absolute Gasteiger partial charge is 0.494 e. The molecule has 1 aromatic heterocycles. The number of phosphoric ester groups is 1. The Balaban J connectivity index is 1.54. The zero-order valence-electron chi connectivity index (χ0n) is 21.4. The van der Waals surface area contributed by atoms with Crippen LogP contribution in [0.4, 0.5) is 26.3 Å². The van der Waals surface area contributed by atoms with Gasteiger partial charge in [-0.3, -0.25) is 4.52 Å². The Morgan fingerprint density at radius 1 is 0.902 bits per heavy atom. The minimum absolute atomic E-state index is 0.0171. The van der Waals surface area contributed by atoms with Crippen molar-refractivity contribution in [2.75, 3.05) is 19.8 Å². The van der Waals surface area contributed by atoms with Crippen molar-refractivity contribution in [3.63, 3.8) is 0 Å². The van der Waals surface area contributed by atoms with Crippen LogP contribution in [0.15, 0.2) is 42.5 Å². The van der Waals surface area contributed by atoms with Gasteiger partial charge in [0.05, 0.1) is 36.5 Å². The highest BCUT2D eigenvalue weighted by Crippen LogP contribution is 2.41. The Labute approximate surface area is 234 Å². The maximum Gasteiger partial charge on any atom is 0.469 e. The fourth-order valence-corrected chi connectivity index (χ4v) is 4.67. The second-order valence-corrected chi connectivity index (χ2v) is 11.3. The highest BCUT2D eigenvalue weighted by atomic mass is 32.1. The molecule has 226 valence electrons. The molecule has 4 N–H and O–H groups in total. The van der Waals surface area contributed by atoms with Crippen molar-refractivity contribution >= 4 is 19.2 Å². The Morgan fingerprint density at radius 2 is 1.54 bits per heavy atom. The summed E-state index contributed by atoms with van der Waals surface area (Å²) < 4.78 is 105. The third-order valence-electron chi connectivity index (χ3n) is 5.47. The molecule has 0 saturated carbocycles. The number of alkyl halides is 6. The number of halogens is 6. The number of ether oxygens (including phenoxy) is 2. The molecule has 17 heteroatoms. The van der Waals surface area contributed by atoms with Gasteiger partial charge in [0.15, 0.2) is 0 Å². The fourth-order valence-electron chi connectivity index (χ4n) is 3.35. The summed E-state index contributed by atoms with van der Waals surface area (Å²) in [6.45, 7) is 0.974. The molecule has 0 aliphatic rings. The van der Waals surface area contributed by atoms with E-state index in [1.54, 1.807) is 0 Å². The maximum atomic E-state index is 13.8. The number of hydrogen-bond acceptors (Lipinski definition) is 8. The SMILES string of the molecule is C[C@](N)(COP(=O)(O)O)c1nnc(-c2ccc(OCCCCCOc3ccc(C(F)(F)F)cc3)c(C(F)(F)F)c2)s1. The van der Waals surface area contributed by atoms with Crippen molar-refractivity contribution in [1.82, 2.24) is 10.2 Å². The van der Waals surface area contributed by atoms with Crippen LogP contribution in [0.25, 0.3) is 10.6 Å². The maximum absolute atomic E-state index is 13.8. The smallest absolute Gasteiger partial charge is 0.469 e. The number of nitrogens with two attached hydrogens (primary N) is 1. The lowest BCUT2D eigenvalue weighted by Crippen LogP contribution is -2.37. The molecule has 1 heterocycles. The Morgan fingerprint density at radius 3 is 2.12 bits per heavy atom. The summed E-state index contributed by atoms with van der Waals surface area (Å²) in [5, 5.41) is 7.89. The molecular formula is C24H26F6N3O6PS. The molecule has 0 saturated heterocycles. The van der Waals surface area contributed by atoms with Crippen LogP contribution in [0, 0.1) is 0 Å². The molecule has 1 atom stereocenters. The van der Waals surface area contributed by atoms with Crippen molar-refractivity contribution in [1.29, 1.82) is 0 Å². The van der Waals surface area contributed by atoms with E-state index in [0.717, 1.165) is 35.6 Å². The van der Waals surface area contributed by atoms with Gasteiger partial charge in [-0.05, 0) is 68.7 Å². The summed E-state index contributed by atoms with van der Waals surface area (Å²) in [4.78, 5) is 17.8. The Hall–Kier alpha value is -2.75. The minimum atomic E-state index is -4.80. The van der Waals surface area contributed by atoms with Crippen molar-refractivity contribution in [3.8, 4) is 22.1 Å². The van der Waals surface area contributed by atoms with Crippen LogP contribution in [0.2, 0.25) is 0 Å². The molecule has 3 rings (SSSR count).